The highest BCUT2D eigenvalue weighted by atomic mass is 127. The predicted octanol–water partition coefficient (Wildman–Crippen LogP) is 3.23. The van der Waals surface area contributed by atoms with Gasteiger partial charge in [0.25, 0.3) is 0 Å². The summed E-state index contributed by atoms with van der Waals surface area (Å²) >= 11 is 3.86. The molecular formula is C10H7IN2S. The molecule has 0 aromatic carbocycles. The Bertz CT molecular complexity index is 419. The van der Waals surface area contributed by atoms with Gasteiger partial charge >= 0.3 is 0 Å². The molecule has 14 heavy (non-hydrogen) atoms. The van der Waals surface area contributed by atoms with Crippen molar-refractivity contribution in [3.63, 3.8) is 0 Å². The first-order valence-electron chi connectivity index (χ1n) is 4.05. The van der Waals surface area contributed by atoms with Crippen molar-refractivity contribution < 1.29 is 0 Å². The maximum absolute atomic E-state index is 4.29. The zero-order valence-corrected chi connectivity index (χ0v) is 10.2. The Morgan fingerprint density at radius 2 is 1.86 bits per heavy atom. The molecule has 2 rings (SSSR count). The van der Waals surface area contributed by atoms with Gasteiger partial charge in [-0.2, -0.15) is 0 Å². The van der Waals surface area contributed by atoms with Crippen molar-refractivity contribution in [2.75, 3.05) is 0 Å². The van der Waals surface area contributed by atoms with Crippen LogP contribution >= 0.6 is 34.4 Å². The molecule has 2 aromatic heterocycles. The van der Waals surface area contributed by atoms with Crippen molar-refractivity contribution >= 4 is 34.4 Å². The fourth-order valence-electron chi connectivity index (χ4n) is 0.953. The molecule has 0 fully saturated rings. The molecule has 0 bridgehead atoms. The Labute approximate surface area is 100 Å². The number of halogens is 1. The zero-order chi connectivity index (χ0) is 9.80. The lowest BCUT2D eigenvalue weighted by molar-refractivity contribution is 1.08. The number of rotatable bonds is 2. The number of nitrogens with zero attached hydrogens (tertiary/aromatic N) is 2. The SMILES string of the molecule is Ic1cccnc1Sc1ccccn1. The summed E-state index contributed by atoms with van der Waals surface area (Å²) in [6.45, 7) is 0. The third-order valence-electron chi connectivity index (χ3n) is 1.56. The molecule has 0 amide bonds. The summed E-state index contributed by atoms with van der Waals surface area (Å²) in [6.07, 6.45) is 3.59. The van der Waals surface area contributed by atoms with E-state index in [1.54, 1.807) is 24.2 Å². The maximum Gasteiger partial charge on any atom is 0.116 e. The molecule has 2 nitrogen and oxygen atoms in total. The maximum atomic E-state index is 4.29. The highest BCUT2D eigenvalue weighted by molar-refractivity contribution is 14.1. The van der Waals surface area contributed by atoms with Gasteiger partial charge in [0, 0.05) is 16.0 Å². The van der Waals surface area contributed by atoms with Gasteiger partial charge in [-0.15, -0.1) is 0 Å². The molecular weight excluding hydrogens is 307 g/mol. The number of aromatic nitrogens is 2. The van der Waals surface area contributed by atoms with Crippen LogP contribution in [-0.4, -0.2) is 9.97 Å². The Morgan fingerprint density at radius 3 is 2.57 bits per heavy atom. The Kier molecular flexibility index (Phi) is 3.36. The number of hydrogen-bond donors (Lipinski definition) is 0. The van der Waals surface area contributed by atoms with Crippen LogP contribution in [0.3, 0.4) is 0 Å². The molecule has 0 aliphatic rings. The van der Waals surface area contributed by atoms with Gasteiger partial charge in [-0.05, 0) is 58.6 Å². The molecule has 0 unspecified atom stereocenters. The topological polar surface area (TPSA) is 25.8 Å². The van der Waals surface area contributed by atoms with Crippen LogP contribution in [0, 0.1) is 3.57 Å². The van der Waals surface area contributed by atoms with Crippen LogP contribution in [0.1, 0.15) is 0 Å². The van der Waals surface area contributed by atoms with Gasteiger partial charge in [-0.25, -0.2) is 9.97 Å². The van der Waals surface area contributed by atoms with Gasteiger partial charge < -0.3 is 0 Å². The average Bonchev–Trinajstić information content (AvgIpc) is 2.23. The van der Waals surface area contributed by atoms with Crippen molar-refractivity contribution in [3.05, 3.63) is 46.3 Å². The largest absolute Gasteiger partial charge is 0.250 e. The van der Waals surface area contributed by atoms with E-state index in [4.69, 9.17) is 0 Å². The van der Waals surface area contributed by atoms with E-state index in [1.807, 2.05) is 30.3 Å². The van der Waals surface area contributed by atoms with Crippen molar-refractivity contribution in [2.24, 2.45) is 0 Å². The molecule has 0 aliphatic carbocycles. The Balaban J connectivity index is 2.24. The molecule has 0 saturated carbocycles. The molecule has 2 heterocycles. The zero-order valence-electron chi connectivity index (χ0n) is 7.22. The average molecular weight is 314 g/mol. The van der Waals surface area contributed by atoms with Crippen LogP contribution in [0.5, 0.6) is 0 Å². The second-order valence-electron chi connectivity index (χ2n) is 2.56. The minimum Gasteiger partial charge on any atom is -0.250 e. The van der Waals surface area contributed by atoms with Crippen LogP contribution in [0.15, 0.2) is 52.8 Å². The fraction of sp³-hybridized carbons (Fsp3) is 0. The smallest absolute Gasteiger partial charge is 0.116 e. The van der Waals surface area contributed by atoms with Crippen LogP contribution in [0.25, 0.3) is 0 Å². The summed E-state index contributed by atoms with van der Waals surface area (Å²) < 4.78 is 1.15. The first-order chi connectivity index (χ1) is 6.86. The van der Waals surface area contributed by atoms with E-state index in [9.17, 15) is 0 Å². The van der Waals surface area contributed by atoms with E-state index in [0.717, 1.165) is 13.6 Å². The van der Waals surface area contributed by atoms with Crippen molar-refractivity contribution in [3.8, 4) is 0 Å². The minimum absolute atomic E-state index is 0.976. The Hall–Kier alpha value is -0.620. The van der Waals surface area contributed by atoms with Gasteiger partial charge in [-0.1, -0.05) is 6.07 Å². The van der Waals surface area contributed by atoms with Gasteiger partial charge in [0.05, 0.1) is 0 Å². The van der Waals surface area contributed by atoms with Crippen molar-refractivity contribution in [1.29, 1.82) is 0 Å². The van der Waals surface area contributed by atoms with E-state index < -0.39 is 0 Å². The molecule has 70 valence electrons. The van der Waals surface area contributed by atoms with E-state index in [-0.39, 0.29) is 0 Å². The van der Waals surface area contributed by atoms with Gasteiger partial charge in [0.15, 0.2) is 0 Å². The normalized spacial score (nSPS) is 10.1. The minimum atomic E-state index is 0.976. The van der Waals surface area contributed by atoms with Gasteiger partial charge in [0.1, 0.15) is 10.1 Å². The molecule has 0 spiro atoms. The first-order valence-corrected chi connectivity index (χ1v) is 5.95. The molecule has 0 atom stereocenters. The lowest BCUT2D eigenvalue weighted by Gasteiger charge is -2.00. The highest BCUT2D eigenvalue weighted by Crippen LogP contribution is 2.27. The van der Waals surface area contributed by atoms with Gasteiger partial charge in [-0.3, -0.25) is 0 Å². The Morgan fingerprint density at radius 1 is 1.00 bits per heavy atom. The lowest BCUT2D eigenvalue weighted by Crippen LogP contribution is -1.84. The summed E-state index contributed by atoms with van der Waals surface area (Å²) in [5, 5.41) is 1.98. The second kappa shape index (κ2) is 4.75. The fourth-order valence-corrected chi connectivity index (χ4v) is 2.37. The molecule has 0 radical (unpaired) electrons. The van der Waals surface area contributed by atoms with Crippen LogP contribution in [0.4, 0.5) is 0 Å². The third kappa shape index (κ3) is 2.45. The van der Waals surface area contributed by atoms with Crippen LogP contribution in [0.2, 0.25) is 0 Å². The molecule has 0 saturated heterocycles. The van der Waals surface area contributed by atoms with Gasteiger partial charge in [0.2, 0.25) is 0 Å². The van der Waals surface area contributed by atoms with Crippen molar-refractivity contribution in [1.82, 2.24) is 9.97 Å². The molecule has 0 N–H and O–H groups in total. The molecule has 2 aromatic rings. The first kappa shape index (κ1) is 9.92. The quantitative estimate of drug-likeness (QED) is 0.796. The second-order valence-corrected chi connectivity index (χ2v) is 4.73. The van der Waals surface area contributed by atoms with Crippen LogP contribution < -0.4 is 0 Å². The monoisotopic (exact) mass is 314 g/mol. The standard InChI is InChI=1S/C10H7IN2S/c11-8-4-3-7-13-10(8)14-9-5-1-2-6-12-9/h1-7H. The summed E-state index contributed by atoms with van der Waals surface area (Å²) in [7, 11) is 0. The van der Waals surface area contributed by atoms with E-state index in [0.29, 0.717) is 0 Å². The summed E-state index contributed by atoms with van der Waals surface area (Å²) in [5.41, 5.74) is 0. The number of pyridine rings is 2. The van der Waals surface area contributed by atoms with Crippen LogP contribution in [-0.2, 0) is 0 Å². The predicted molar refractivity (Wildman–Crippen MR) is 65.3 cm³/mol. The summed E-state index contributed by atoms with van der Waals surface area (Å²) in [4.78, 5) is 8.52. The summed E-state index contributed by atoms with van der Waals surface area (Å²) in [5.74, 6) is 0. The van der Waals surface area contributed by atoms with E-state index in [1.165, 1.54) is 0 Å². The highest BCUT2D eigenvalue weighted by Gasteiger charge is 2.02. The van der Waals surface area contributed by atoms with Crippen molar-refractivity contribution in [2.45, 2.75) is 10.1 Å². The van der Waals surface area contributed by atoms with E-state index >= 15 is 0 Å². The lowest BCUT2D eigenvalue weighted by atomic mass is 10.5. The van der Waals surface area contributed by atoms with E-state index in [2.05, 4.69) is 32.6 Å². The third-order valence-corrected chi connectivity index (χ3v) is 3.77. The summed E-state index contributed by atoms with van der Waals surface area (Å²) in [6, 6.07) is 9.84. The number of hydrogen-bond acceptors (Lipinski definition) is 3. The molecule has 4 heteroatoms. The molecule has 0 aliphatic heterocycles.